The number of aryl methyl sites for hydroxylation is 2. The van der Waals surface area contributed by atoms with Crippen molar-refractivity contribution in [2.45, 2.75) is 57.5 Å². The molecule has 0 aliphatic heterocycles. The molecule has 128 valence electrons. The number of H-pyrrole nitrogens is 1. The number of hydrogen-bond acceptors (Lipinski definition) is 7. The first-order valence-corrected chi connectivity index (χ1v) is 9.33. The lowest BCUT2D eigenvalue weighted by molar-refractivity contribution is 0.321. The normalized spacial score (nSPS) is 13.6. The Morgan fingerprint density at radius 3 is 2.67 bits per heavy atom. The van der Waals surface area contributed by atoms with Gasteiger partial charge in [-0.3, -0.25) is 4.79 Å². The first-order valence-electron chi connectivity index (χ1n) is 7.64. The molecule has 0 bridgehead atoms. The summed E-state index contributed by atoms with van der Waals surface area (Å²) >= 11 is 3.04. The van der Waals surface area contributed by atoms with Crippen molar-refractivity contribution in [3.63, 3.8) is 0 Å². The molecule has 1 N–H and O–H groups in total. The van der Waals surface area contributed by atoms with Gasteiger partial charge in [-0.05, 0) is 57.5 Å². The number of nitrogens with one attached hydrogen (secondary N) is 1. The molecule has 3 aromatic heterocycles. The molecule has 0 saturated carbocycles. The number of hydrogen-bond donors (Lipinski definition) is 1. The molecule has 0 radical (unpaired) electrons. The number of thiophene rings is 1. The van der Waals surface area contributed by atoms with Gasteiger partial charge in [0.15, 0.2) is 0 Å². The maximum absolute atomic E-state index is 12.4. The number of nitrogens with zero attached hydrogens (tertiary/aromatic N) is 5. The quantitative estimate of drug-likeness (QED) is 0.718. The van der Waals surface area contributed by atoms with Crippen LogP contribution in [0.4, 0.5) is 0 Å². The molecule has 0 amide bonds. The Bertz CT molecular complexity index is 949. The third kappa shape index (κ3) is 2.98. The van der Waals surface area contributed by atoms with E-state index in [0.717, 1.165) is 15.3 Å². The van der Waals surface area contributed by atoms with Crippen LogP contribution in [0.1, 0.15) is 49.2 Å². The summed E-state index contributed by atoms with van der Waals surface area (Å²) in [5, 5.41) is 13.3. The number of aromatic nitrogens is 6. The van der Waals surface area contributed by atoms with Gasteiger partial charge in [-0.25, -0.2) is 9.67 Å². The van der Waals surface area contributed by atoms with Gasteiger partial charge in [0.1, 0.15) is 10.7 Å². The molecule has 7 nitrogen and oxygen atoms in total. The topological polar surface area (TPSA) is 89.3 Å². The molecule has 0 aliphatic carbocycles. The number of aromatic amines is 1. The summed E-state index contributed by atoms with van der Waals surface area (Å²) in [6.07, 6.45) is 0. The van der Waals surface area contributed by atoms with Crippen molar-refractivity contribution < 1.29 is 0 Å². The predicted molar refractivity (Wildman–Crippen MR) is 96.8 cm³/mol. The van der Waals surface area contributed by atoms with E-state index in [1.54, 1.807) is 16.0 Å². The van der Waals surface area contributed by atoms with Crippen LogP contribution in [0.2, 0.25) is 0 Å². The summed E-state index contributed by atoms with van der Waals surface area (Å²) in [5.41, 5.74) is 0.713. The van der Waals surface area contributed by atoms with Crippen LogP contribution in [0.3, 0.4) is 0 Å². The summed E-state index contributed by atoms with van der Waals surface area (Å²) in [4.78, 5) is 21.9. The fraction of sp³-hybridized carbons (Fsp3) is 0.533. The first-order chi connectivity index (χ1) is 11.2. The molecule has 3 rings (SSSR count). The maximum atomic E-state index is 12.4. The van der Waals surface area contributed by atoms with E-state index in [9.17, 15) is 4.79 Å². The highest BCUT2D eigenvalue weighted by Gasteiger charge is 2.23. The summed E-state index contributed by atoms with van der Waals surface area (Å²) < 4.78 is 1.78. The van der Waals surface area contributed by atoms with Gasteiger partial charge in [0.05, 0.1) is 16.2 Å². The summed E-state index contributed by atoms with van der Waals surface area (Å²) in [6, 6.07) is 0. The summed E-state index contributed by atoms with van der Waals surface area (Å²) in [7, 11) is 0. The summed E-state index contributed by atoms with van der Waals surface area (Å²) in [5.74, 6) is 0.641. The van der Waals surface area contributed by atoms with Crippen molar-refractivity contribution in [1.82, 2.24) is 30.2 Å². The van der Waals surface area contributed by atoms with Crippen molar-refractivity contribution in [2.75, 3.05) is 0 Å². The molecule has 0 saturated heterocycles. The molecule has 1 atom stereocenters. The van der Waals surface area contributed by atoms with E-state index in [-0.39, 0.29) is 16.3 Å². The van der Waals surface area contributed by atoms with Gasteiger partial charge >= 0.3 is 0 Å². The van der Waals surface area contributed by atoms with E-state index in [4.69, 9.17) is 0 Å². The lowest BCUT2D eigenvalue weighted by Crippen LogP contribution is -2.24. The van der Waals surface area contributed by atoms with E-state index in [1.165, 1.54) is 11.8 Å². The Labute approximate surface area is 147 Å². The SMILES string of the molecule is Cc1sc2nc([C@@H](C)Sc3nnnn3C(C)(C)C)[nH]c(=O)c2c1C. The van der Waals surface area contributed by atoms with E-state index in [0.29, 0.717) is 16.4 Å². The number of thioether (sulfide) groups is 1. The molecular weight excluding hydrogens is 344 g/mol. The molecule has 9 heteroatoms. The van der Waals surface area contributed by atoms with Crippen LogP contribution in [0, 0.1) is 13.8 Å². The van der Waals surface area contributed by atoms with Crippen LogP contribution in [0.15, 0.2) is 9.95 Å². The Hall–Kier alpha value is -1.74. The molecule has 3 aromatic rings. The van der Waals surface area contributed by atoms with Gasteiger partial charge in [0, 0.05) is 4.88 Å². The van der Waals surface area contributed by atoms with E-state index in [2.05, 4.69) is 25.5 Å². The van der Waals surface area contributed by atoms with E-state index < -0.39 is 0 Å². The molecule has 24 heavy (non-hydrogen) atoms. The minimum Gasteiger partial charge on any atom is -0.309 e. The van der Waals surface area contributed by atoms with Crippen LogP contribution in [-0.2, 0) is 5.54 Å². The average molecular weight is 365 g/mol. The second-order valence-electron chi connectivity index (χ2n) is 6.72. The highest BCUT2D eigenvalue weighted by molar-refractivity contribution is 7.99. The van der Waals surface area contributed by atoms with Gasteiger partial charge in [0.25, 0.3) is 5.56 Å². The van der Waals surface area contributed by atoms with Crippen LogP contribution in [0.5, 0.6) is 0 Å². The third-order valence-electron chi connectivity index (χ3n) is 3.80. The third-order valence-corrected chi connectivity index (χ3v) is 5.94. The van der Waals surface area contributed by atoms with Crippen LogP contribution >= 0.6 is 23.1 Å². The molecule has 3 heterocycles. The minimum atomic E-state index is -0.210. The van der Waals surface area contributed by atoms with Crippen molar-refractivity contribution in [3.05, 3.63) is 26.6 Å². The lowest BCUT2D eigenvalue weighted by atomic mass is 10.1. The smallest absolute Gasteiger partial charge is 0.259 e. The van der Waals surface area contributed by atoms with Crippen molar-refractivity contribution >= 4 is 33.3 Å². The van der Waals surface area contributed by atoms with Crippen molar-refractivity contribution in [2.24, 2.45) is 0 Å². The van der Waals surface area contributed by atoms with E-state index >= 15 is 0 Å². The molecule has 0 unspecified atom stereocenters. The molecule has 0 fully saturated rings. The fourth-order valence-electron chi connectivity index (χ4n) is 2.35. The number of tetrazole rings is 1. The maximum Gasteiger partial charge on any atom is 0.259 e. The summed E-state index contributed by atoms with van der Waals surface area (Å²) in [6.45, 7) is 12.1. The Kier molecular flexibility index (Phi) is 4.25. The van der Waals surface area contributed by atoms with Gasteiger partial charge in [-0.1, -0.05) is 11.8 Å². The fourth-order valence-corrected chi connectivity index (χ4v) is 4.42. The number of rotatable bonds is 3. The Balaban J connectivity index is 1.97. The minimum absolute atomic E-state index is 0.0723. The predicted octanol–water partition coefficient (Wildman–Crippen LogP) is 3.20. The average Bonchev–Trinajstić information content (AvgIpc) is 3.04. The van der Waals surface area contributed by atoms with Gasteiger partial charge in [-0.15, -0.1) is 16.4 Å². The Morgan fingerprint density at radius 2 is 2.00 bits per heavy atom. The van der Waals surface area contributed by atoms with Crippen LogP contribution in [0.25, 0.3) is 10.2 Å². The highest BCUT2D eigenvalue weighted by atomic mass is 32.2. The van der Waals surface area contributed by atoms with Crippen molar-refractivity contribution in [3.8, 4) is 0 Å². The van der Waals surface area contributed by atoms with Gasteiger partial charge in [-0.2, -0.15) is 0 Å². The zero-order chi connectivity index (χ0) is 17.6. The molecule has 0 spiro atoms. The van der Waals surface area contributed by atoms with E-state index in [1.807, 2.05) is 41.5 Å². The monoisotopic (exact) mass is 364 g/mol. The zero-order valence-corrected chi connectivity index (χ0v) is 16.2. The van der Waals surface area contributed by atoms with Crippen molar-refractivity contribution in [1.29, 1.82) is 0 Å². The second kappa shape index (κ2) is 5.96. The standard InChI is InChI=1S/C15H20N6OS2/c1-7-8(2)23-13-10(7)12(22)16-11(17-13)9(3)24-14-18-19-20-21(14)15(4,5)6/h9H,1-6H3,(H,16,17,22)/t9-/m1/s1. The lowest BCUT2D eigenvalue weighted by Gasteiger charge is -2.20. The molecule has 0 aromatic carbocycles. The van der Waals surface area contributed by atoms with Gasteiger partial charge < -0.3 is 4.98 Å². The second-order valence-corrected chi connectivity index (χ2v) is 9.23. The van der Waals surface area contributed by atoms with Crippen LogP contribution in [-0.4, -0.2) is 30.2 Å². The van der Waals surface area contributed by atoms with Crippen LogP contribution < -0.4 is 5.56 Å². The molecule has 0 aliphatic rings. The largest absolute Gasteiger partial charge is 0.309 e. The first kappa shape index (κ1) is 17.1. The highest BCUT2D eigenvalue weighted by Crippen LogP contribution is 2.34. The zero-order valence-electron chi connectivity index (χ0n) is 14.5. The molecular formula is C15H20N6OS2. The Morgan fingerprint density at radius 1 is 1.29 bits per heavy atom. The number of fused-ring (bicyclic) bond motifs is 1. The van der Waals surface area contributed by atoms with Gasteiger partial charge in [0.2, 0.25) is 5.16 Å².